The maximum atomic E-state index is 6.06. The predicted molar refractivity (Wildman–Crippen MR) is 54.4 cm³/mol. The molecular weight excluding hydrogens is 162 g/mol. The number of rotatable bonds is 2. The molecule has 2 N–H and O–H groups in total. The molecule has 0 aliphatic carbocycles. The summed E-state index contributed by atoms with van der Waals surface area (Å²) in [6, 6.07) is 0.167. The number of aryl methyl sites for hydroxylation is 1. The standard InChI is InChI=1S/C10H19N3/c1-8-12-5-6-13(8)7-9(11)10(2,3)4/h5-6,9H,7,11H2,1-4H3. The van der Waals surface area contributed by atoms with Crippen LogP contribution < -0.4 is 5.73 Å². The summed E-state index contributed by atoms with van der Waals surface area (Å²) in [6.45, 7) is 9.31. The van der Waals surface area contributed by atoms with Crippen LogP contribution in [-0.4, -0.2) is 15.6 Å². The van der Waals surface area contributed by atoms with Gasteiger partial charge in [0.05, 0.1) is 0 Å². The van der Waals surface area contributed by atoms with E-state index < -0.39 is 0 Å². The van der Waals surface area contributed by atoms with Gasteiger partial charge in [-0.25, -0.2) is 4.98 Å². The quantitative estimate of drug-likeness (QED) is 0.752. The Morgan fingerprint density at radius 3 is 2.54 bits per heavy atom. The first-order chi connectivity index (χ1) is 5.91. The molecule has 1 rings (SSSR count). The third kappa shape index (κ3) is 2.56. The van der Waals surface area contributed by atoms with E-state index in [0.717, 1.165) is 12.4 Å². The molecule has 3 nitrogen and oxygen atoms in total. The third-order valence-corrected chi connectivity index (χ3v) is 2.43. The van der Waals surface area contributed by atoms with Crippen LogP contribution in [0.2, 0.25) is 0 Å². The summed E-state index contributed by atoms with van der Waals surface area (Å²) in [5.74, 6) is 1.03. The fraction of sp³-hybridized carbons (Fsp3) is 0.700. The van der Waals surface area contributed by atoms with Gasteiger partial charge in [0.15, 0.2) is 0 Å². The normalized spacial score (nSPS) is 14.5. The smallest absolute Gasteiger partial charge is 0.105 e. The zero-order chi connectivity index (χ0) is 10.1. The number of hydrogen-bond acceptors (Lipinski definition) is 2. The first-order valence-electron chi connectivity index (χ1n) is 4.64. The van der Waals surface area contributed by atoms with Gasteiger partial charge in [-0.1, -0.05) is 20.8 Å². The van der Waals surface area contributed by atoms with E-state index in [-0.39, 0.29) is 11.5 Å². The average Bonchev–Trinajstić information content (AvgIpc) is 2.34. The van der Waals surface area contributed by atoms with E-state index >= 15 is 0 Å². The Hall–Kier alpha value is -0.830. The highest BCUT2D eigenvalue weighted by Crippen LogP contribution is 2.18. The molecule has 0 fully saturated rings. The Bertz CT molecular complexity index is 270. The lowest BCUT2D eigenvalue weighted by atomic mass is 9.87. The second-order valence-electron chi connectivity index (χ2n) is 4.60. The van der Waals surface area contributed by atoms with Crippen molar-refractivity contribution in [3.63, 3.8) is 0 Å². The largest absolute Gasteiger partial charge is 0.334 e. The summed E-state index contributed by atoms with van der Waals surface area (Å²) >= 11 is 0. The molecule has 1 aromatic heterocycles. The summed E-state index contributed by atoms with van der Waals surface area (Å²) in [7, 11) is 0. The van der Waals surface area contributed by atoms with E-state index in [1.165, 1.54) is 0 Å². The third-order valence-electron chi connectivity index (χ3n) is 2.43. The van der Waals surface area contributed by atoms with Crippen molar-refractivity contribution in [1.29, 1.82) is 0 Å². The summed E-state index contributed by atoms with van der Waals surface area (Å²) in [5.41, 5.74) is 6.21. The number of imidazole rings is 1. The maximum absolute atomic E-state index is 6.06. The Kier molecular flexibility index (Phi) is 2.76. The van der Waals surface area contributed by atoms with Gasteiger partial charge in [0.1, 0.15) is 5.82 Å². The van der Waals surface area contributed by atoms with E-state index in [4.69, 9.17) is 5.73 Å². The number of nitrogens with two attached hydrogens (primary N) is 1. The highest BCUT2D eigenvalue weighted by Gasteiger charge is 2.20. The van der Waals surface area contributed by atoms with Gasteiger partial charge in [0, 0.05) is 25.0 Å². The molecule has 0 aromatic carbocycles. The minimum atomic E-state index is 0.150. The van der Waals surface area contributed by atoms with Crippen LogP contribution in [0.4, 0.5) is 0 Å². The summed E-state index contributed by atoms with van der Waals surface area (Å²) < 4.78 is 2.09. The van der Waals surface area contributed by atoms with Crippen molar-refractivity contribution in [1.82, 2.24) is 9.55 Å². The van der Waals surface area contributed by atoms with Gasteiger partial charge >= 0.3 is 0 Å². The van der Waals surface area contributed by atoms with Crippen LogP contribution in [0.25, 0.3) is 0 Å². The second-order valence-corrected chi connectivity index (χ2v) is 4.60. The molecule has 0 bridgehead atoms. The van der Waals surface area contributed by atoms with E-state index in [1.807, 2.05) is 19.3 Å². The molecule has 0 aliphatic heterocycles. The van der Waals surface area contributed by atoms with Crippen molar-refractivity contribution in [3.05, 3.63) is 18.2 Å². The number of hydrogen-bond donors (Lipinski definition) is 1. The van der Waals surface area contributed by atoms with Gasteiger partial charge in [-0.3, -0.25) is 0 Å². The van der Waals surface area contributed by atoms with Crippen molar-refractivity contribution in [2.45, 2.75) is 40.3 Å². The molecule has 0 spiro atoms. The fourth-order valence-electron chi connectivity index (χ4n) is 1.08. The topological polar surface area (TPSA) is 43.8 Å². The fourth-order valence-corrected chi connectivity index (χ4v) is 1.08. The summed E-state index contributed by atoms with van der Waals surface area (Å²) in [5, 5.41) is 0. The van der Waals surface area contributed by atoms with Crippen LogP contribution >= 0.6 is 0 Å². The molecule has 0 saturated heterocycles. The monoisotopic (exact) mass is 181 g/mol. The van der Waals surface area contributed by atoms with E-state index in [2.05, 4.69) is 30.3 Å². The lowest BCUT2D eigenvalue weighted by Crippen LogP contribution is -2.38. The molecule has 1 unspecified atom stereocenters. The first-order valence-corrected chi connectivity index (χ1v) is 4.64. The van der Waals surface area contributed by atoms with Gasteiger partial charge in [-0.05, 0) is 12.3 Å². The molecule has 0 amide bonds. The molecule has 0 radical (unpaired) electrons. The van der Waals surface area contributed by atoms with E-state index in [9.17, 15) is 0 Å². The highest BCUT2D eigenvalue weighted by molar-refractivity contribution is 4.91. The van der Waals surface area contributed by atoms with Crippen molar-refractivity contribution in [3.8, 4) is 0 Å². The Morgan fingerprint density at radius 2 is 2.15 bits per heavy atom. The number of aromatic nitrogens is 2. The van der Waals surface area contributed by atoms with Crippen LogP contribution in [0.1, 0.15) is 26.6 Å². The zero-order valence-corrected chi connectivity index (χ0v) is 8.91. The molecule has 13 heavy (non-hydrogen) atoms. The van der Waals surface area contributed by atoms with Crippen LogP contribution in [-0.2, 0) is 6.54 Å². The Balaban J connectivity index is 2.65. The molecule has 0 saturated carbocycles. The van der Waals surface area contributed by atoms with Gasteiger partial charge in [-0.2, -0.15) is 0 Å². The average molecular weight is 181 g/mol. The van der Waals surface area contributed by atoms with Gasteiger partial charge < -0.3 is 10.3 Å². The molecule has 1 aromatic rings. The van der Waals surface area contributed by atoms with Gasteiger partial charge in [0.2, 0.25) is 0 Å². The van der Waals surface area contributed by atoms with Crippen molar-refractivity contribution < 1.29 is 0 Å². The molecule has 74 valence electrons. The lowest BCUT2D eigenvalue weighted by Gasteiger charge is -2.27. The van der Waals surface area contributed by atoms with Crippen LogP contribution in [0, 0.1) is 12.3 Å². The van der Waals surface area contributed by atoms with Crippen molar-refractivity contribution in [2.24, 2.45) is 11.1 Å². The minimum absolute atomic E-state index is 0.150. The summed E-state index contributed by atoms with van der Waals surface area (Å²) in [6.07, 6.45) is 3.78. The summed E-state index contributed by atoms with van der Waals surface area (Å²) in [4.78, 5) is 4.16. The Labute approximate surface area is 80.0 Å². The maximum Gasteiger partial charge on any atom is 0.105 e. The highest BCUT2D eigenvalue weighted by atomic mass is 15.1. The molecule has 1 atom stereocenters. The van der Waals surface area contributed by atoms with Crippen LogP contribution in [0.15, 0.2) is 12.4 Å². The zero-order valence-electron chi connectivity index (χ0n) is 8.91. The predicted octanol–water partition coefficient (Wildman–Crippen LogP) is 1.56. The lowest BCUT2D eigenvalue weighted by molar-refractivity contribution is 0.290. The van der Waals surface area contributed by atoms with Gasteiger partial charge in [-0.15, -0.1) is 0 Å². The SMILES string of the molecule is Cc1nccn1CC(N)C(C)(C)C. The molecule has 3 heteroatoms. The Morgan fingerprint density at radius 1 is 1.54 bits per heavy atom. The van der Waals surface area contributed by atoms with E-state index in [1.54, 1.807) is 0 Å². The van der Waals surface area contributed by atoms with Crippen molar-refractivity contribution >= 4 is 0 Å². The first kappa shape index (κ1) is 10.3. The minimum Gasteiger partial charge on any atom is -0.334 e. The number of nitrogens with zero attached hydrogens (tertiary/aromatic N) is 2. The molecule has 0 aliphatic rings. The molecule has 1 heterocycles. The second kappa shape index (κ2) is 3.50. The van der Waals surface area contributed by atoms with Crippen LogP contribution in [0.3, 0.4) is 0 Å². The van der Waals surface area contributed by atoms with Gasteiger partial charge in [0.25, 0.3) is 0 Å². The van der Waals surface area contributed by atoms with Crippen LogP contribution in [0.5, 0.6) is 0 Å². The van der Waals surface area contributed by atoms with Crippen molar-refractivity contribution in [2.75, 3.05) is 0 Å². The molecular formula is C10H19N3. The van der Waals surface area contributed by atoms with E-state index in [0.29, 0.717) is 0 Å².